The van der Waals surface area contributed by atoms with Crippen LogP contribution in [0, 0.1) is 6.92 Å². The van der Waals surface area contributed by atoms with Gasteiger partial charge in [0.15, 0.2) is 17.5 Å². The Kier molecular flexibility index (Phi) is 5.63. The second-order valence-corrected chi connectivity index (χ2v) is 8.04. The molecule has 5 heterocycles. The predicted octanol–water partition coefficient (Wildman–Crippen LogP) is 2.24. The van der Waals surface area contributed by atoms with E-state index in [9.17, 15) is 9.90 Å². The summed E-state index contributed by atoms with van der Waals surface area (Å²) in [7, 11) is 0. The summed E-state index contributed by atoms with van der Waals surface area (Å²) in [5, 5.41) is 16.7. The standard InChI is InChI=1S/C21H25N9O3/c1-14-16(3-4-17(26-14)30-13-22-11-25-30)27-19-18-20(24-12-23-19)29(7-2-10-33-18)15-5-8-28(9-6-15)21(31)32/h3-4,11-13,15H,2,5-10H2,1H3,(H,31,32)(H,23,24,27). The van der Waals surface area contributed by atoms with Crippen molar-refractivity contribution in [1.29, 1.82) is 0 Å². The van der Waals surface area contributed by atoms with Gasteiger partial charge in [0.25, 0.3) is 0 Å². The van der Waals surface area contributed by atoms with Crippen molar-refractivity contribution in [2.24, 2.45) is 0 Å². The van der Waals surface area contributed by atoms with E-state index in [4.69, 9.17) is 4.74 Å². The highest BCUT2D eigenvalue weighted by Gasteiger charge is 2.31. The van der Waals surface area contributed by atoms with Gasteiger partial charge >= 0.3 is 6.09 Å². The fourth-order valence-electron chi connectivity index (χ4n) is 4.29. The predicted molar refractivity (Wildman–Crippen MR) is 119 cm³/mol. The zero-order valence-corrected chi connectivity index (χ0v) is 18.3. The number of nitrogens with one attached hydrogen (secondary N) is 1. The van der Waals surface area contributed by atoms with Crippen LogP contribution in [0.3, 0.4) is 0 Å². The molecular formula is C21H25N9O3. The highest BCUT2D eigenvalue weighted by Crippen LogP contribution is 2.38. The number of amides is 1. The highest BCUT2D eigenvalue weighted by atomic mass is 16.5. The number of hydrogen-bond donors (Lipinski definition) is 2. The Morgan fingerprint density at radius 1 is 1.18 bits per heavy atom. The number of anilines is 3. The number of aryl methyl sites for hydroxylation is 1. The van der Waals surface area contributed by atoms with E-state index in [0.29, 0.717) is 37.1 Å². The number of likely N-dealkylation sites (tertiary alicyclic amines) is 1. The molecule has 1 fully saturated rings. The van der Waals surface area contributed by atoms with Gasteiger partial charge in [-0.15, -0.1) is 0 Å². The SMILES string of the molecule is Cc1nc(-n2cncn2)ccc1Nc1ncnc2c1OCCCN2C1CCN(C(=O)O)CC1. The van der Waals surface area contributed by atoms with Crippen LogP contribution in [0.25, 0.3) is 5.82 Å². The van der Waals surface area contributed by atoms with Gasteiger partial charge in [-0.25, -0.2) is 29.4 Å². The first-order valence-electron chi connectivity index (χ1n) is 10.9. The first kappa shape index (κ1) is 20.9. The largest absolute Gasteiger partial charge is 0.486 e. The molecule has 0 aromatic carbocycles. The van der Waals surface area contributed by atoms with Crippen LogP contribution in [0.4, 0.5) is 22.1 Å². The molecule has 0 saturated carbocycles. The number of aromatic nitrogens is 6. The minimum Gasteiger partial charge on any atom is -0.486 e. The Hall–Kier alpha value is -3.96. The van der Waals surface area contributed by atoms with Gasteiger partial charge in [-0.3, -0.25) is 0 Å². The van der Waals surface area contributed by atoms with Crippen molar-refractivity contribution in [3.05, 3.63) is 36.8 Å². The number of fused-ring (bicyclic) bond motifs is 1. The molecule has 0 bridgehead atoms. The Balaban J connectivity index is 1.40. The number of nitrogens with zero attached hydrogens (tertiary/aromatic N) is 8. The zero-order chi connectivity index (χ0) is 22.8. The number of pyridine rings is 1. The van der Waals surface area contributed by atoms with Crippen LogP contribution in [0.2, 0.25) is 0 Å². The second kappa shape index (κ2) is 8.88. The third-order valence-corrected chi connectivity index (χ3v) is 6.00. The van der Waals surface area contributed by atoms with E-state index in [-0.39, 0.29) is 6.04 Å². The van der Waals surface area contributed by atoms with Crippen molar-refractivity contribution < 1.29 is 14.6 Å². The van der Waals surface area contributed by atoms with Gasteiger partial charge in [-0.1, -0.05) is 0 Å². The molecule has 12 nitrogen and oxygen atoms in total. The van der Waals surface area contributed by atoms with Crippen molar-refractivity contribution in [1.82, 2.24) is 34.6 Å². The fraction of sp³-hybridized carbons (Fsp3) is 0.429. The summed E-state index contributed by atoms with van der Waals surface area (Å²) in [6.45, 7) is 4.31. The molecular weight excluding hydrogens is 426 g/mol. The molecule has 2 aliphatic heterocycles. The lowest BCUT2D eigenvalue weighted by Crippen LogP contribution is -2.47. The molecule has 0 aliphatic carbocycles. The molecule has 1 saturated heterocycles. The van der Waals surface area contributed by atoms with E-state index in [2.05, 4.69) is 35.3 Å². The van der Waals surface area contributed by atoms with Crippen molar-refractivity contribution in [3.63, 3.8) is 0 Å². The molecule has 5 rings (SSSR count). The molecule has 1 amide bonds. The van der Waals surface area contributed by atoms with Crippen LogP contribution in [-0.4, -0.2) is 78.1 Å². The number of hydrogen-bond acceptors (Lipinski definition) is 9. The average Bonchev–Trinajstić information content (AvgIpc) is 3.27. The van der Waals surface area contributed by atoms with Gasteiger partial charge in [0.05, 0.1) is 18.0 Å². The van der Waals surface area contributed by atoms with Crippen LogP contribution in [-0.2, 0) is 0 Å². The van der Waals surface area contributed by atoms with E-state index in [1.165, 1.54) is 17.6 Å². The number of piperidine rings is 1. The third-order valence-electron chi connectivity index (χ3n) is 6.00. The molecule has 0 atom stereocenters. The Morgan fingerprint density at radius 3 is 2.76 bits per heavy atom. The molecule has 0 unspecified atom stereocenters. The molecule has 12 heteroatoms. The minimum atomic E-state index is -0.860. The lowest BCUT2D eigenvalue weighted by molar-refractivity contribution is 0.131. The summed E-state index contributed by atoms with van der Waals surface area (Å²) in [6.07, 6.45) is 6.09. The van der Waals surface area contributed by atoms with E-state index in [0.717, 1.165) is 43.0 Å². The summed E-state index contributed by atoms with van der Waals surface area (Å²) in [6, 6.07) is 3.98. The van der Waals surface area contributed by atoms with Crippen molar-refractivity contribution >= 4 is 23.4 Å². The lowest BCUT2D eigenvalue weighted by Gasteiger charge is -2.37. The summed E-state index contributed by atoms with van der Waals surface area (Å²) in [5.41, 5.74) is 1.58. The van der Waals surface area contributed by atoms with Gasteiger partial charge in [0.2, 0.25) is 5.75 Å². The monoisotopic (exact) mass is 451 g/mol. The molecule has 0 radical (unpaired) electrons. The minimum absolute atomic E-state index is 0.203. The summed E-state index contributed by atoms with van der Waals surface area (Å²) in [4.78, 5) is 32.5. The van der Waals surface area contributed by atoms with Crippen molar-refractivity contribution in [2.45, 2.75) is 32.2 Å². The first-order valence-corrected chi connectivity index (χ1v) is 10.9. The third kappa shape index (κ3) is 4.23. The Labute approximate surface area is 190 Å². The van der Waals surface area contributed by atoms with Gasteiger partial charge in [0, 0.05) is 25.7 Å². The summed E-state index contributed by atoms with van der Waals surface area (Å²) in [5.74, 6) is 2.60. The molecule has 2 aliphatic rings. The topological polar surface area (TPSA) is 134 Å². The normalized spacial score (nSPS) is 16.6. The highest BCUT2D eigenvalue weighted by molar-refractivity contribution is 5.71. The van der Waals surface area contributed by atoms with Gasteiger partial charge < -0.3 is 25.0 Å². The van der Waals surface area contributed by atoms with Crippen LogP contribution in [0.15, 0.2) is 31.1 Å². The second-order valence-electron chi connectivity index (χ2n) is 8.04. The Morgan fingerprint density at radius 2 is 2.03 bits per heavy atom. The molecule has 172 valence electrons. The molecule has 3 aromatic rings. The summed E-state index contributed by atoms with van der Waals surface area (Å²) < 4.78 is 7.68. The van der Waals surface area contributed by atoms with E-state index in [1.807, 2.05) is 19.1 Å². The van der Waals surface area contributed by atoms with Crippen LogP contribution >= 0.6 is 0 Å². The van der Waals surface area contributed by atoms with Gasteiger partial charge in [-0.2, -0.15) is 5.10 Å². The maximum Gasteiger partial charge on any atom is 0.407 e. The van der Waals surface area contributed by atoms with Gasteiger partial charge in [-0.05, 0) is 38.3 Å². The summed E-state index contributed by atoms with van der Waals surface area (Å²) >= 11 is 0. The zero-order valence-electron chi connectivity index (χ0n) is 18.3. The lowest BCUT2D eigenvalue weighted by atomic mass is 10.0. The van der Waals surface area contributed by atoms with Crippen molar-refractivity contribution in [3.8, 4) is 11.6 Å². The smallest absolute Gasteiger partial charge is 0.407 e. The van der Waals surface area contributed by atoms with E-state index >= 15 is 0 Å². The van der Waals surface area contributed by atoms with E-state index < -0.39 is 6.09 Å². The molecule has 2 N–H and O–H groups in total. The van der Waals surface area contributed by atoms with Gasteiger partial charge in [0.1, 0.15) is 19.0 Å². The van der Waals surface area contributed by atoms with Crippen molar-refractivity contribution in [2.75, 3.05) is 36.5 Å². The number of carbonyl (C=O) groups is 1. The quantitative estimate of drug-likeness (QED) is 0.608. The number of carboxylic acid groups (broad SMARTS) is 1. The van der Waals surface area contributed by atoms with Crippen LogP contribution in [0.5, 0.6) is 5.75 Å². The van der Waals surface area contributed by atoms with E-state index in [1.54, 1.807) is 11.0 Å². The van der Waals surface area contributed by atoms with Crippen LogP contribution < -0.4 is 15.0 Å². The number of rotatable bonds is 4. The number of ether oxygens (including phenoxy) is 1. The molecule has 0 spiro atoms. The molecule has 33 heavy (non-hydrogen) atoms. The fourth-order valence-corrected chi connectivity index (χ4v) is 4.29. The van der Waals surface area contributed by atoms with Crippen LogP contribution in [0.1, 0.15) is 25.0 Å². The first-order chi connectivity index (χ1) is 16.1. The Bertz CT molecular complexity index is 1130. The molecule has 3 aromatic heterocycles. The maximum atomic E-state index is 11.3. The average molecular weight is 451 g/mol. The maximum absolute atomic E-state index is 11.3.